The van der Waals surface area contributed by atoms with Crippen LogP contribution in [-0.4, -0.2) is 6.29 Å². The lowest BCUT2D eigenvalue weighted by atomic mass is 9.74. The highest BCUT2D eigenvalue weighted by molar-refractivity contribution is 5.60. The molecule has 0 aliphatic heterocycles. The largest absolute Gasteiger partial charge is 0.303 e. The summed E-state index contributed by atoms with van der Waals surface area (Å²) in [6.07, 6.45) is 2.92. The Labute approximate surface area is 112 Å². The first-order valence-electron chi connectivity index (χ1n) is 6.17. The molecule has 1 fully saturated rings. The number of hydrogen-bond acceptors (Lipinski definition) is 3. The van der Waals surface area contributed by atoms with Crippen LogP contribution in [0.15, 0.2) is 43.0 Å². The van der Waals surface area contributed by atoms with Gasteiger partial charge in [0.1, 0.15) is 6.29 Å². The second kappa shape index (κ2) is 5.08. The lowest BCUT2D eigenvalue weighted by Crippen LogP contribution is -2.24. The zero-order chi connectivity index (χ0) is 13.9. The van der Waals surface area contributed by atoms with Gasteiger partial charge in [-0.25, -0.2) is 0 Å². The van der Waals surface area contributed by atoms with E-state index in [4.69, 9.17) is 0 Å². The Balaban J connectivity index is 2.58. The topological polar surface area (TPSA) is 64.7 Å². The summed E-state index contributed by atoms with van der Waals surface area (Å²) in [7, 11) is 0. The molecule has 0 saturated heterocycles. The van der Waals surface area contributed by atoms with E-state index in [1.54, 1.807) is 6.08 Å². The predicted molar refractivity (Wildman–Crippen MR) is 70.7 cm³/mol. The number of hydrogen-bond donors (Lipinski definition) is 0. The first-order valence-corrected chi connectivity index (χ1v) is 6.17. The standard InChI is InChI=1S/C16H14N2O/c1-2-12-8-16(10-17,11-18)15(14(12)9-19)13-6-4-3-5-7-13/h2-7,9,12,14-15H,1,8H2/t12-,14+,15-/m1/s1. The lowest BCUT2D eigenvalue weighted by molar-refractivity contribution is -0.112. The fourth-order valence-corrected chi connectivity index (χ4v) is 3.05. The van der Waals surface area contributed by atoms with Gasteiger partial charge in [-0.1, -0.05) is 36.4 Å². The highest BCUT2D eigenvalue weighted by Crippen LogP contribution is 2.54. The number of benzene rings is 1. The summed E-state index contributed by atoms with van der Waals surface area (Å²) in [4.78, 5) is 11.4. The van der Waals surface area contributed by atoms with E-state index in [2.05, 4.69) is 18.7 Å². The minimum absolute atomic E-state index is 0.123. The van der Waals surface area contributed by atoms with Crippen LogP contribution >= 0.6 is 0 Å². The fraction of sp³-hybridized carbons (Fsp3) is 0.312. The fourth-order valence-electron chi connectivity index (χ4n) is 3.05. The van der Waals surface area contributed by atoms with Gasteiger partial charge < -0.3 is 4.79 Å². The molecule has 2 rings (SSSR count). The summed E-state index contributed by atoms with van der Waals surface area (Å²) < 4.78 is 0. The van der Waals surface area contributed by atoms with Crippen molar-refractivity contribution in [2.24, 2.45) is 17.3 Å². The Bertz CT molecular complexity index is 551. The summed E-state index contributed by atoms with van der Waals surface area (Å²) in [6, 6.07) is 13.6. The number of carbonyl (C=O) groups excluding carboxylic acids is 1. The Morgan fingerprint density at radius 2 is 1.89 bits per heavy atom. The number of carbonyl (C=O) groups is 1. The first-order chi connectivity index (χ1) is 9.22. The van der Waals surface area contributed by atoms with E-state index in [9.17, 15) is 15.3 Å². The molecular formula is C16H14N2O. The summed E-state index contributed by atoms with van der Waals surface area (Å²) in [5.74, 6) is -0.870. The highest BCUT2D eigenvalue weighted by atomic mass is 16.1. The van der Waals surface area contributed by atoms with E-state index in [1.807, 2.05) is 30.3 Å². The smallest absolute Gasteiger partial charge is 0.151 e. The van der Waals surface area contributed by atoms with Crippen LogP contribution in [0, 0.1) is 39.9 Å². The molecule has 0 bridgehead atoms. The summed E-state index contributed by atoms with van der Waals surface area (Å²) in [5.41, 5.74) is -0.279. The molecule has 1 aromatic carbocycles. The van der Waals surface area contributed by atoms with Gasteiger partial charge in [0.05, 0.1) is 12.1 Å². The molecule has 0 aromatic heterocycles. The van der Waals surface area contributed by atoms with Crippen molar-refractivity contribution in [1.29, 1.82) is 10.5 Å². The average Bonchev–Trinajstić information content (AvgIpc) is 2.82. The quantitative estimate of drug-likeness (QED) is 0.612. The molecule has 0 spiro atoms. The van der Waals surface area contributed by atoms with Crippen molar-refractivity contribution in [2.45, 2.75) is 12.3 Å². The minimum atomic E-state index is -1.15. The molecule has 19 heavy (non-hydrogen) atoms. The molecule has 0 N–H and O–H groups in total. The molecule has 3 heteroatoms. The molecule has 94 valence electrons. The van der Waals surface area contributed by atoms with Crippen LogP contribution in [0.2, 0.25) is 0 Å². The van der Waals surface area contributed by atoms with Crippen molar-refractivity contribution in [3.8, 4) is 12.1 Å². The average molecular weight is 250 g/mol. The van der Waals surface area contributed by atoms with Crippen LogP contribution in [0.5, 0.6) is 0 Å². The van der Waals surface area contributed by atoms with Gasteiger partial charge in [0, 0.05) is 11.8 Å². The van der Waals surface area contributed by atoms with Crippen molar-refractivity contribution in [2.75, 3.05) is 0 Å². The zero-order valence-electron chi connectivity index (χ0n) is 10.5. The molecule has 0 heterocycles. The van der Waals surface area contributed by atoms with E-state index in [1.165, 1.54) is 0 Å². The van der Waals surface area contributed by atoms with E-state index in [0.717, 1.165) is 11.8 Å². The van der Waals surface area contributed by atoms with Crippen molar-refractivity contribution < 1.29 is 4.79 Å². The Hall–Kier alpha value is -2.39. The van der Waals surface area contributed by atoms with Gasteiger partial charge in [-0.05, 0) is 17.9 Å². The zero-order valence-corrected chi connectivity index (χ0v) is 10.5. The minimum Gasteiger partial charge on any atom is -0.303 e. The second-order valence-electron chi connectivity index (χ2n) is 4.90. The molecule has 1 aliphatic carbocycles. The highest BCUT2D eigenvalue weighted by Gasteiger charge is 2.54. The van der Waals surface area contributed by atoms with Crippen LogP contribution in [0.4, 0.5) is 0 Å². The third-order valence-electron chi connectivity index (χ3n) is 3.99. The van der Waals surface area contributed by atoms with Crippen LogP contribution in [0.1, 0.15) is 17.9 Å². The van der Waals surface area contributed by atoms with E-state index in [-0.39, 0.29) is 17.8 Å². The van der Waals surface area contributed by atoms with Crippen LogP contribution < -0.4 is 0 Å². The maximum absolute atomic E-state index is 11.4. The van der Waals surface area contributed by atoms with Crippen molar-refractivity contribution in [3.05, 3.63) is 48.6 Å². The number of nitrogens with zero attached hydrogens (tertiary/aromatic N) is 2. The van der Waals surface area contributed by atoms with Gasteiger partial charge in [0.15, 0.2) is 5.41 Å². The first kappa shape index (κ1) is 13.1. The van der Waals surface area contributed by atoms with Crippen molar-refractivity contribution in [1.82, 2.24) is 0 Å². The predicted octanol–water partition coefficient (Wildman–Crippen LogP) is 2.82. The second-order valence-corrected chi connectivity index (χ2v) is 4.90. The van der Waals surface area contributed by atoms with E-state index >= 15 is 0 Å². The molecular weight excluding hydrogens is 236 g/mol. The van der Waals surface area contributed by atoms with Crippen molar-refractivity contribution >= 4 is 6.29 Å². The van der Waals surface area contributed by atoms with Gasteiger partial charge in [-0.2, -0.15) is 10.5 Å². The van der Waals surface area contributed by atoms with E-state index < -0.39 is 5.41 Å². The van der Waals surface area contributed by atoms with Gasteiger partial charge in [0.25, 0.3) is 0 Å². The third-order valence-corrected chi connectivity index (χ3v) is 3.99. The number of nitriles is 2. The molecule has 1 saturated carbocycles. The van der Waals surface area contributed by atoms with Gasteiger partial charge in [-0.3, -0.25) is 0 Å². The molecule has 3 nitrogen and oxygen atoms in total. The molecule has 0 unspecified atom stereocenters. The maximum atomic E-state index is 11.4. The molecule has 3 atom stereocenters. The Morgan fingerprint density at radius 3 is 2.37 bits per heavy atom. The maximum Gasteiger partial charge on any atom is 0.151 e. The number of aldehydes is 1. The monoisotopic (exact) mass is 250 g/mol. The Kier molecular flexibility index (Phi) is 3.49. The normalized spacial score (nSPS) is 28.0. The summed E-state index contributed by atoms with van der Waals surface area (Å²) in [5, 5.41) is 18.9. The van der Waals surface area contributed by atoms with Crippen molar-refractivity contribution in [3.63, 3.8) is 0 Å². The number of rotatable bonds is 3. The van der Waals surface area contributed by atoms with Crippen LogP contribution in [0.25, 0.3) is 0 Å². The molecule has 0 amide bonds. The molecule has 1 aromatic rings. The van der Waals surface area contributed by atoms with Gasteiger partial charge in [0.2, 0.25) is 0 Å². The Morgan fingerprint density at radius 1 is 1.26 bits per heavy atom. The molecule has 0 radical (unpaired) electrons. The summed E-state index contributed by atoms with van der Waals surface area (Å²) >= 11 is 0. The third kappa shape index (κ3) is 1.94. The van der Waals surface area contributed by atoms with Crippen LogP contribution in [-0.2, 0) is 4.79 Å². The van der Waals surface area contributed by atoms with Gasteiger partial charge in [-0.15, -0.1) is 6.58 Å². The lowest BCUT2D eigenvalue weighted by Gasteiger charge is -2.24. The summed E-state index contributed by atoms with van der Waals surface area (Å²) in [6.45, 7) is 3.73. The van der Waals surface area contributed by atoms with E-state index in [0.29, 0.717) is 6.42 Å². The van der Waals surface area contributed by atoms with Crippen LogP contribution in [0.3, 0.4) is 0 Å². The van der Waals surface area contributed by atoms with Gasteiger partial charge >= 0.3 is 0 Å². The SMILES string of the molecule is C=C[C@@H]1CC(C#N)(C#N)[C@H](c2ccccc2)[C@H]1C=O. The number of allylic oxidation sites excluding steroid dienone is 1. The molecule has 1 aliphatic rings.